The van der Waals surface area contributed by atoms with Crippen molar-refractivity contribution in [3.63, 3.8) is 0 Å². The normalized spacial score (nSPS) is 33.4. The minimum absolute atomic E-state index is 0.146. The second kappa shape index (κ2) is 4.91. The Bertz CT molecular complexity index is 367. The molecule has 0 amide bonds. The lowest BCUT2D eigenvalue weighted by atomic mass is 10.0. The van der Waals surface area contributed by atoms with E-state index >= 15 is 0 Å². The van der Waals surface area contributed by atoms with Crippen LogP contribution in [0.15, 0.2) is 24.3 Å². The molecule has 1 aromatic rings. The molecule has 1 aliphatic heterocycles. The van der Waals surface area contributed by atoms with E-state index in [1.54, 1.807) is 24.3 Å². The summed E-state index contributed by atoms with van der Waals surface area (Å²) in [5, 5.41) is 19.4. The molecule has 0 aliphatic carbocycles. The van der Waals surface area contributed by atoms with E-state index in [1.807, 2.05) is 6.92 Å². The average Bonchev–Trinajstić information content (AvgIpc) is 2.28. The van der Waals surface area contributed by atoms with Crippen LogP contribution >= 0.6 is 0 Å². The van der Waals surface area contributed by atoms with Crippen LogP contribution in [0, 0.1) is 0 Å². The van der Waals surface area contributed by atoms with E-state index in [9.17, 15) is 10.2 Å². The van der Waals surface area contributed by atoms with Gasteiger partial charge >= 0.3 is 0 Å². The summed E-state index contributed by atoms with van der Waals surface area (Å²) in [6.07, 6.45) is -2.45. The Hall–Kier alpha value is -1.30. The van der Waals surface area contributed by atoms with Crippen molar-refractivity contribution in [1.82, 2.24) is 0 Å². The predicted molar refractivity (Wildman–Crippen MR) is 62.4 cm³/mol. The van der Waals surface area contributed by atoms with Gasteiger partial charge in [0.2, 0.25) is 6.29 Å². The van der Waals surface area contributed by atoms with Gasteiger partial charge in [-0.2, -0.15) is 0 Å². The van der Waals surface area contributed by atoms with Crippen LogP contribution in [0.25, 0.3) is 0 Å². The molecule has 1 saturated heterocycles. The molecule has 1 fully saturated rings. The van der Waals surface area contributed by atoms with Crippen molar-refractivity contribution in [2.75, 3.05) is 5.73 Å². The number of nitrogens with two attached hydrogens (primary N) is 1. The summed E-state index contributed by atoms with van der Waals surface area (Å²) >= 11 is 0. The Morgan fingerprint density at radius 1 is 1.29 bits per heavy atom. The van der Waals surface area contributed by atoms with Crippen LogP contribution in [0.2, 0.25) is 0 Å². The van der Waals surface area contributed by atoms with Gasteiger partial charge in [-0.15, -0.1) is 0 Å². The molecule has 0 bridgehead atoms. The maximum Gasteiger partial charge on any atom is 0.228 e. The van der Waals surface area contributed by atoms with Gasteiger partial charge in [-0.1, -0.05) is 0 Å². The van der Waals surface area contributed by atoms with Crippen molar-refractivity contribution in [2.24, 2.45) is 0 Å². The van der Waals surface area contributed by atoms with Crippen molar-refractivity contribution in [2.45, 2.75) is 37.9 Å². The number of hydrogen-bond acceptors (Lipinski definition) is 5. The first-order chi connectivity index (χ1) is 8.06. The zero-order valence-electron chi connectivity index (χ0n) is 9.61. The fraction of sp³-hybridized carbons (Fsp3) is 0.500. The molecule has 0 spiro atoms. The zero-order chi connectivity index (χ0) is 12.4. The minimum Gasteiger partial charge on any atom is -0.462 e. The van der Waals surface area contributed by atoms with Gasteiger partial charge in [0.15, 0.2) is 0 Å². The molecule has 2 rings (SSSR count). The summed E-state index contributed by atoms with van der Waals surface area (Å²) < 4.78 is 10.9. The fourth-order valence-corrected chi connectivity index (χ4v) is 1.80. The van der Waals surface area contributed by atoms with Crippen LogP contribution in [-0.2, 0) is 4.74 Å². The molecular formula is C12H17NO4. The third-order valence-electron chi connectivity index (χ3n) is 2.75. The molecule has 5 nitrogen and oxygen atoms in total. The fourth-order valence-electron chi connectivity index (χ4n) is 1.80. The number of aliphatic hydroxyl groups excluding tert-OH is 2. The molecule has 1 aromatic carbocycles. The summed E-state index contributed by atoms with van der Waals surface area (Å²) in [5.41, 5.74) is 6.19. The third-order valence-corrected chi connectivity index (χ3v) is 2.75. The van der Waals surface area contributed by atoms with Crippen LogP contribution in [0.5, 0.6) is 5.75 Å². The van der Waals surface area contributed by atoms with Crippen LogP contribution < -0.4 is 10.5 Å². The molecule has 5 heteroatoms. The van der Waals surface area contributed by atoms with E-state index in [0.717, 1.165) is 0 Å². The first-order valence-electron chi connectivity index (χ1n) is 5.60. The predicted octanol–water partition coefficient (Wildman–Crippen LogP) is 0.504. The lowest BCUT2D eigenvalue weighted by Gasteiger charge is -2.35. The Balaban J connectivity index is 2.04. The molecular weight excluding hydrogens is 222 g/mol. The SMILES string of the molecule is CC1CC(O)C(O)C(Oc2ccc(N)cc2)O1. The molecule has 4 unspecified atom stereocenters. The van der Waals surface area contributed by atoms with Crippen molar-refractivity contribution in [3.05, 3.63) is 24.3 Å². The lowest BCUT2D eigenvalue weighted by molar-refractivity contribution is -0.231. The van der Waals surface area contributed by atoms with Crippen LogP contribution in [0.3, 0.4) is 0 Å². The number of nitrogen functional groups attached to an aromatic ring is 1. The second-order valence-corrected chi connectivity index (χ2v) is 4.30. The number of rotatable bonds is 2. The van der Waals surface area contributed by atoms with Crippen LogP contribution in [0.4, 0.5) is 5.69 Å². The number of benzene rings is 1. The van der Waals surface area contributed by atoms with E-state index in [2.05, 4.69) is 0 Å². The van der Waals surface area contributed by atoms with Crippen molar-refractivity contribution < 1.29 is 19.7 Å². The largest absolute Gasteiger partial charge is 0.462 e. The maximum absolute atomic E-state index is 9.75. The maximum atomic E-state index is 9.75. The number of aliphatic hydroxyl groups is 2. The van der Waals surface area contributed by atoms with Gasteiger partial charge in [0.05, 0.1) is 12.2 Å². The van der Waals surface area contributed by atoms with Gasteiger partial charge in [0, 0.05) is 12.1 Å². The highest BCUT2D eigenvalue weighted by Gasteiger charge is 2.36. The van der Waals surface area contributed by atoms with Gasteiger partial charge in [-0.25, -0.2) is 0 Å². The van der Waals surface area contributed by atoms with E-state index in [4.69, 9.17) is 15.2 Å². The lowest BCUT2D eigenvalue weighted by Crippen LogP contribution is -2.50. The number of ether oxygens (including phenoxy) is 2. The van der Waals surface area contributed by atoms with Gasteiger partial charge in [0.1, 0.15) is 11.9 Å². The summed E-state index contributed by atoms with van der Waals surface area (Å²) in [5.74, 6) is 0.546. The Morgan fingerprint density at radius 3 is 2.59 bits per heavy atom. The van der Waals surface area contributed by atoms with Crippen molar-refractivity contribution in [1.29, 1.82) is 0 Å². The molecule has 4 N–H and O–H groups in total. The Kier molecular flexibility index (Phi) is 3.51. The topological polar surface area (TPSA) is 84.9 Å². The van der Waals surface area contributed by atoms with E-state index in [-0.39, 0.29) is 6.10 Å². The molecule has 94 valence electrons. The molecule has 17 heavy (non-hydrogen) atoms. The van der Waals surface area contributed by atoms with Gasteiger partial charge < -0.3 is 25.4 Å². The summed E-state index contributed by atoms with van der Waals surface area (Å²) in [7, 11) is 0. The summed E-state index contributed by atoms with van der Waals surface area (Å²) in [6, 6.07) is 6.78. The third kappa shape index (κ3) is 2.88. The highest BCUT2D eigenvalue weighted by molar-refractivity contribution is 5.41. The van der Waals surface area contributed by atoms with Gasteiger partial charge in [-0.05, 0) is 31.2 Å². The van der Waals surface area contributed by atoms with Crippen LogP contribution in [0.1, 0.15) is 13.3 Å². The highest BCUT2D eigenvalue weighted by Crippen LogP contribution is 2.23. The van der Waals surface area contributed by atoms with E-state index < -0.39 is 18.5 Å². The molecule has 0 aromatic heterocycles. The molecule has 1 heterocycles. The van der Waals surface area contributed by atoms with Crippen molar-refractivity contribution >= 4 is 5.69 Å². The number of hydrogen-bond donors (Lipinski definition) is 3. The Morgan fingerprint density at radius 2 is 1.94 bits per heavy atom. The van der Waals surface area contributed by atoms with Crippen molar-refractivity contribution in [3.8, 4) is 5.75 Å². The molecule has 0 radical (unpaired) electrons. The first kappa shape index (κ1) is 12.2. The smallest absolute Gasteiger partial charge is 0.228 e. The zero-order valence-corrected chi connectivity index (χ0v) is 9.61. The van der Waals surface area contributed by atoms with Gasteiger partial charge in [0.25, 0.3) is 0 Å². The number of anilines is 1. The standard InChI is InChI=1S/C12H17NO4/c1-7-6-10(14)11(15)12(16-7)17-9-4-2-8(13)3-5-9/h2-5,7,10-12,14-15H,6,13H2,1H3. The molecule has 1 aliphatic rings. The molecule has 0 saturated carbocycles. The summed E-state index contributed by atoms with van der Waals surface area (Å²) in [4.78, 5) is 0. The average molecular weight is 239 g/mol. The van der Waals surface area contributed by atoms with Crippen LogP contribution in [-0.4, -0.2) is 34.8 Å². The molecule has 4 atom stereocenters. The monoisotopic (exact) mass is 239 g/mol. The first-order valence-corrected chi connectivity index (χ1v) is 5.60. The van der Waals surface area contributed by atoms with E-state index in [0.29, 0.717) is 17.9 Å². The van der Waals surface area contributed by atoms with E-state index in [1.165, 1.54) is 0 Å². The second-order valence-electron chi connectivity index (χ2n) is 4.30. The quantitative estimate of drug-likeness (QED) is 0.655. The van der Waals surface area contributed by atoms with Gasteiger partial charge in [-0.3, -0.25) is 0 Å². The highest BCUT2D eigenvalue weighted by atomic mass is 16.7. The Labute approximate surface area is 99.8 Å². The summed E-state index contributed by atoms with van der Waals surface area (Å²) in [6.45, 7) is 1.83. The minimum atomic E-state index is -1.04.